The largest absolute Gasteiger partial charge is 0.491 e. The number of sulfonamides is 1. The average Bonchev–Trinajstić information content (AvgIpc) is 3.10. The standard InChI is InChI=1S/C38H42F3N5O5S.H2/c1-23(2)11-12-29-22-51-32-18-33(44-36(35(32)38(39,40)41)34-24(3)7-5-8-25(34)4)45-52(48,49)30-10-6-9-27(17-30)37(47)46(29)21-28-19-43-31(20-42-28)26-13-15-50-16-14-26;/h5-10,17-20,23,26,29H,11-16,21-22H2,1-4H3,(H,44,45);1H/t29-;/m1./s1. The zero-order chi connectivity index (χ0) is 37.2. The van der Waals surface area contributed by atoms with E-state index < -0.39 is 45.2 Å². The lowest BCUT2D eigenvalue weighted by Crippen LogP contribution is -2.44. The van der Waals surface area contributed by atoms with Gasteiger partial charge < -0.3 is 14.4 Å². The Kier molecular flexibility index (Phi) is 10.9. The van der Waals surface area contributed by atoms with Gasteiger partial charge in [-0.2, -0.15) is 13.2 Å². The molecule has 2 aliphatic heterocycles. The maximum absolute atomic E-state index is 15.1. The Morgan fingerprint density at radius 2 is 1.73 bits per heavy atom. The minimum Gasteiger partial charge on any atom is -0.491 e. The van der Waals surface area contributed by atoms with E-state index in [0.717, 1.165) is 24.6 Å². The maximum atomic E-state index is 15.1. The van der Waals surface area contributed by atoms with E-state index >= 15 is 13.2 Å². The molecule has 0 aliphatic carbocycles. The molecular weight excluding hydrogens is 696 g/mol. The van der Waals surface area contributed by atoms with Crippen molar-refractivity contribution >= 4 is 21.7 Å². The molecule has 2 aromatic heterocycles. The fourth-order valence-corrected chi connectivity index (χ4v) is 7.76. The highest BCUT2D eigenvalue weighted by Crippen LogP contribution is 2.45. The smallest absolute Gasteiger partial charge is 0.422 e. The van der Waals surface area contributed by atoms with Crippen molar-refractivity contribution in [3.63, 3.8) is 0 Å². The van der Waals surface area contributed by atoms with Crippen LogP contribution in [0.1, 0.15) is 85.3 Å². The molecule has 14 heteroatoms. The van der Waals surface area contributed by atoms with E-state index in [1.165, 1.54) is 29.2 Å². The van der Waals surface area contributed by atoms with Crippen molar-refractivity contribution in [1.29, 1.82) is 0 Å². The van der Waals surface area contributed by atoms with E-state index in [1.54, 1.807) is 44.4 Å². The zero-order valence-electron chi connectivity index (χ0n) is 29.5. The van der Waals surface area contributed by atoms with Gasteiger partial charge >= 0.3 is 6.18 Å². The van der Waals surface area contributed by atoms with Gasteiger partial charge in [-0.3, -0.25) is 19.5 Å². The summed E-state index contributed by atoms with van der Waals surface area (Å²) in [5.74, 6) is -1.08. The maximum Gasteiger partial charge on any atom is 0.422 e. The number of pyridine rings is 1. The number of amides is 1. The van der Waals surface area contributed by atoms with Crippen LogP contribution in [-0.2, 0) is 27.5 Å². The molecule has 1 amide bonds. The van der Waals surface area contributed by atoms with Crippen molar-refractivity contribution in [3.05, 3.63) is 94.6 Å². The number of fused-ring (bicyclic) bond motifs is 4. The number of anilines is 1. The van der Waals surface area contributed by atoms with Crippen molar-refractivity contribution in [2.75, 3.05) is 24.5 Å². The van der Waals surface area contributed by atoms with Crippen molar-refractivity contribution < 1.29 is 37.3 Å². The number of carbonyl (C=O) groups is 1. The Hall–Kier alpha value is -4.56. The van der Waals surface area contributed by atoms with Gasteiger partial charge in [0.05, 0.1) is 40.8 Å². The number of halogens is 3. The molecule has 0 radical (unpaired) electrons. The molecule has 0 unspecified atom stereocenters. The highest BCUT2D eigenvalue weighted by molar-refractivity contribution is 7.92. The van der Waals surface area contributed by atoms with Crippen LogP contribution in [0.15, 0.2) is 65.8 Å². The van der Waals surface area contributed by atoms with Crippen molar-refractivity contribution in [3.8, 4) is 17.0 Å². The third-order valence-electron chi connectivity index (χ3n) is 9.52. The Bertz CT molecular complexity index is 2020. The van der Waals surface area contributed by atoms with Crippen LogP contribution in [-0.4, -0.2) is 60.0 Å². The fraction of sp³-hybridized carbons (Fsp3) is 0.421. The Morgan fingerprint density at radius 1 is 1.02 bits per heavy atom. The molecule has 52 heavy (non-hydrogen) atoms. The number of nitrogens with zero attached hydrogens (tertiary/aromatic N) is 4. The van der Waals surface area contributed by atoms with Gasteiger partial charge in [-0.15, -0.1) is 0 Å². The molecule has 6 rings (SSSR count). The Balaban J connectivity index is 0.00000541. The second-order valence-corrected chi connectivity index (χ2v) is 15.5. The van der Waals surface area contributed by atoms with E-state index in [0.29, 0.717) is 42.9 Å². The summed E-state index contributed by atoms with van der Waals surface area (Å²) in [6.45, 7) is 8.28. The first-order chi connectivity index (χ1) is 24.7. The number of carbonyl (C=O) groups excluding carboxylic acids is 1. The molecular formula is C38H44F3N5O5S. The minimum atomic E-state index is -4.94. The summed E-state index contributed by atoms with van der Waals surface area (Å²) in [6.07, 6.45) is 1.03. The summed E-state index contributed by atoms with van der Waals surface area (Å²) in [6, 6.07) is 10.8. The molecule has 278 valence electrons. The second kappa shape index (κ2) is 15.2. The third kappa shape index (κ3) is 8.23. The Morgan fingerprint density at radius 3 is 2.38 bits per heavy atom. The number of aromatic nitrogens is 3. The van der Waals surface area contributed by atoms with Crippen LogP contribution in [0, 0.1) is 19.8 Å². The summed E-state index contributed by atoms with van der Waals surface area (Å²) in [5, 5.41) is 0. The number of benzene rings is 2. The summed E-state index contributed by atoms with van der Waals surface area (Å²) < 4.78 is 86.8. The molecule has 1 atom stereocenters. The van der Waals surface area contributed by atoms with Gasteiger partial charge in [0.2, 0.25) is 0 Å². The second-order valence-electron chi connectivity index (χ2n) is 13.8. The van der Waals surface area contributed by atoms with Gasteiger partial charge in [0.15, 0.2) is 0 Å². The lowest BCUT2D eigenvalue weighted by Gasteiger charge is -2.33. The van der Waals surface area contributed by atoms with E-state index in [9.17, 15) is 13.2 Å². The van der Waals surface area contributed by atoms with Crippen molar-refractivity contribution in [2.24, 2.45) is 5.92 Å². The van der Waals surface area contributed by atoms with Crippen LogP contribution in [0.3, 0.4) is 0 Å². The normalized spacial score (nSPS) is 18.2. The lowest BCUT2D eigenvalue weighted by molar-refractivity contribution is -0.138. The first-order valence-electron chi connectivity index (χ1n) is 17.3. The molecule has 2 aliphatic rings. The van der Waals surface area contributed by atoms with Crippen LogP contribution in [0.4, 0.5) is 19.0 Å². The molecule has 4 bridgehead atoms. The summed E-state index contributed by atoms with van der Waals surface area (Å²) >= 11 is 0. The zero-order valence-corrected chi connectivity index (χ0v) is 30.4. The molecule has 4 aromatic rings. The number of hydrogen-bond donors (Lipinski definition) is 1. The summed E-state index contributed by atoms with van der Waals surface area (Å²) in [7, 11) is -4.43. The molecule has 1 fully saturated rings. The first-order valence-corrected chi connectivity index (χ1v) is 18.8. The van der Waals surface area contributed by atoms with Crippen LogP contribution < -0.4 is 9.46 Å². The molecule has 2 aromatic carbocycles. The van der Waals surface area contributed by atoms with Gasteiger partial charge in [0, 0.05) is 43.9 Å². The average molecular weight is 740 g/mol. The summed E-state index contributed by atoms with van der Waals surface area (Å²) in [5.41, 5.74) is 1.01. The topological polar surface area (TPSA) is 124 Å². The van der Waals surface area contributed by atoms with Gasteiger partial charge in [0.1, 0.15) is 23.7 Å². The van der Waals surface area contributed by atoms with Gasteiger partial charge in [-0.05, 0) is 74.8 Å². The van der Waals surface area contributed by atoms with E-state index in [-0.39, 0.29) is 48.3 Å². The van der Waals surface area contributed by atoms with Crippen LogP contribution in [0.2, 0.25) is 0 Å². The van der Waals surface area contributed by atoms with E-state index in [1.807, 2.05) is 13.8 Å². The first kappa shape index (κ1) is 37.2. The molecule has 0 saturated carbocycles. The van der Waals surface area contributed by atoms with Crippen LogP contribution >= 0.6 is 0 Å². The molecule has 0 spiro atoms. The van der Waals surface area contributed by atoms with Crippen LogP contribution in [0.25, 0.3) is 11.3 Å². The van der Waals surface area contributed by atoms with E-state index in [2.05, 4.69) is 19.7 Å². The van der Waals surface area contributed by atoms with E-state index in [4.69, 9.17) is 9.47 Å². The molecule has 1 N–H and O–H groups in total. The predicted molar refractivity (Wildman–Crippen MR) is 192 cm³/mol. The lowest BCUT2D eigenvalue weighted by atomic mass is 9.95. The SMILES string of the molecule is Cc1cccc(C)c1-c1nc2cc(c1C(F)(F)F)OC[C@@H](CCC(C)C)N(Cc1cnc(C3CCOCC3)cn1)C(=O)c1cccc(c1)S(=O)(=O)N2.[HH]. The number of aryl methyl sites for hydroxylation is 2. The number of ether oxygens (including phenoxy) is 2. The van der Waals surface area contributed by atoms with Crippen molar-refractivity contribution in [1.82, 2.24) is 19.9 Å². The third-order valence-corrected chi connectivity index (χ3v) is 10.9. The molecule has 1 saturated heterocycles. The van der Waals surface area contributed by atoms with Crippen LogP contribution in [0.5, 0.6) is 5.75 Å². The number of rotatable bonds is 7. The van der Waals surface area contributed by atoms with Gasteiger partial charge in [-0.25, -0.2) is 13.4 Å². The molecule has 10 nitrogen and oxygen atoms in total. The van der Waals surface area contributed by atoms with Gasteiger partial charge in [0.25, 0.3) is 15.9 Å². The van der Waals surface area contributed by atoms with Gasteiger partial charge in [-0.1, -0.05) is 38.1 Å². The summed E-state index contributed by atoms with van der Waals surface area (Å²) in [4.78, 5) is 29.2. The number of alkyl halides is 3. The fourth-order valence-electron chi connectivity index (χ4n) is 6.72. The molecule has 4 heterocycles. The quantitative estimate of drug-likeness (QED) is 0.203. The predicted octanol–water partition coefficient (Wildman–Crippen LogP) is 7.95. The monoisotopic (exact) mass is 739 g/mol. The number of hydrogen-bond acceptors (Lipinski definition) is 8. The highest BCUT2D eigenvalue weighted by atomic mass is 32.2. The highest BCUT2D eigenvalue weighted by Gasteiger charge is 2.41. The minimum absolute atomic E-state index is 0. The number of nitrogens with one attached hydrogen (secondary N) is 1. The Labute approximate surface area is 303 Å². The van der Waals surface area contributed by atoms with Crippen molar-refractivity contribution in [2.45, 2.75) is 83.0 Å².